The maximum Gasteiger partial charge on any atom is 0.407 e. The van der Waals surface area contributed by atoms with Gasteiger partial charge in [-0.2, -0.15) is 0 Å². The Bertz CT molecular complexity index is 771. The SMILES string of the molecule is CC(C)CCOC(=O)NCCOCCNC(=O)CNc1ccc([N+](=O)[O-])cc1[N+](=O)[O-]. The van der Waals surface area contributed by atoms with Gasteiger partial charge in [-0.15, -0.1) is 0 Å². The Hall–Kier alpha value is -3.48. The third kappa shape index (κ3) is 10.7. The van der Waals surface area contributed by atoms with Crippen molar-refractivity contribution in [1.82, 2.24) is 10.6 Å². The first-order valence-corrected chi connectivity index (χ1v) is 9.62. The van der Waals surface area contributed by atoms with Crippen LogP contribution in [0, 0.1) is 26.1 Å². The van der Waals surface area contributed by atoms with Crippen molar-refractivity contribution in [3.8, 4) is 0 Å². The van der Waals surface area contributed by atoms with Crippen LogP contribution in [0.3, 0.4) is 0 Å². The smallest absolute Gasteiger partial charge is 0.407 e. The van der Waals surface area contributed by atoms with Crippen LogP contribution in [0.25, 0.3) is 0 Å². The average molecular weight is 441 g/mol. The van der Waals surface area contributed by atoms with Gasteiger partial charge in [0.1, 0.15) is 5.69 Å². The van der Waals surface area contributed by atoms with E-state index in [9.17, 15) is 29.8 Å². The monoisotopic (exact) mass is 441 g/mol. The summed E-state index contributed by atoms with van der Waals surface area (Å²) in [5.74, 6) is 0.00824. The fourth-order valence-corrected chi connectivity index (χ4v) is 2.20. The summed E-state index contributed by atoms with van der Waals surface area (Å²) in [5, 5.41) is 29.4. The van der Waals surface area contributed by atoms with Crippen molar-refractivity contribution in [2.24, 2.45) is 5.92 Å². The molecule has 172 valence electrons. The molecule has 0 saturated carbocycles. The number of carbonyl (C=O) groups is 2. The van der Waals surface area contributed by atoms with Crippen molar-refractivity contribution < 1.29 is 28.9 Å². The average Bonchev–Trinajstić information content (AvgIpc) is 2.70. The fourth-order valence-electron chi connectivity index (χ4n) is 2.20. The van der Waals surface area contributed by atoms with E-state index < -0.39 is 33.2 Å². The highest BCUT2D eigenvalue weighted by Crippen LogP contribution is 2.28. The number of benzene rings is 1. The molecule has 0 fully saturated rings. The van der Waals surface area contributed by atoms with Gasteiger partial charge in [-0.1, -0.05) is 13.8 Å². The van der Waals surface area contributed by atoms with Crippen molar-refractivity contribution in [3.05, 3.63) is 38.4 Å². The highest BCUT2D eigenvalue weighted by molar-refractivity contribution is 5.81. The van der Waals surface area contributed by atoms with Crippen molar-refractivity contribution in [2.75, 3.05) is 44.8 Å². The summed E-state index contributed by atoms with van der Waals surface area (Å²) >= 11 is 0. The van der Waals surface area contributed by atoms with E-state index in [1.807, 2.05) is 13.8 Å². The molecule has 0 spiro atoms. The topological polar surface area (TPSA) is 175 Å². The first kappa shape index (κ1) is 25.6. The third-order valence-corrected chi connectivity index (χ3v) is 3.84. The first-order chi connectivity index (χ1) is 14.7. The van der Waals surface area contributed by atoms with Crippen LogP contribution < -0.4 is 16.0 Å². The molecule has 13 nitrogen and oxygen atoms in total. The van der Waals surface area contributed by atoms with Crippen molar-refractivity contribution in [2.45, 2.75) is 20.3 Å². The fraction of sp³-hybridized carbons (Fsp3) is 0.556. The van der Waals surface area contributed by atoms with Gasteiger partial charge in [0.25, 0.3) is 11.4 Å². The van der Waals surface area contributed by atoms with Gasteiger partial charge in [0.2, 0.25) is 5.91 Å². The number of hydrogen-bond donors (Lipinski definition) is 3. The minimum Gasteiger partial charge on any atom is -0.450 e. The summed E-state index contributed by atoms with van der Waals surface area (Å²) in [4.78, 5) is 43.5. The molecule has 3 N–H and O–H groups in total. The van der Waals surface area contributed by atoms with Gasteiger partial charge >= 0.3 is 6.09 Å². The Morgan fingerprint density at radius 3 is 2.32 bits per heavy atom. The van der Waals surface area contributed by atoms with Crippen LogP contribution >= 0.6 is 0 Å². The number of alkyl carbamates (subject to hydrolysis) is 1. The summed E-state index contributed by atoms with van der Waals surface area (Å²) in [6.45, 7) is 5.06. The number of nitrogens with zero attached hydrogens (tertiary/aromatic N) is 2. The molecule has 0 saturated heterocycles. The zero-order chi connectivity index (χ0) is 23.2. The molecule has 0 unspecified atom stereocenters. The second kappa shape index (κ2) is 13.7. The lowest BCUT2D eigenvalue weighted by Crippen LogP contribution is -2.33. The Balaban J connectivity index is 2.20. The lowest BCUT2D eigenvalue weighted by atomic mass is 10.1. The second-order valence-electron chi connectivity index (χ2n) is 6.78. The van der Waals surface area contributed by atoms with Gasteiger partial charge in [-0.25, -0.2) is 4.79 Å². The lowest BCUT2D eigenvalue weighted by molar-refractivity contribution is -0.393. The standard InChI is InChI=1S/C18H27N5O8/c1-13(2)5-8-31-18(25)20-7-10-30-9-6-19-17(24)12-21-15-4-3-14(22(26)27)11-16(15)23(28)29/h3-4,11,13,21H,5-10,12H2,1-2H3,(H,19,24)(H,20,25). The van der Waals surface area contributed by atoms with Crippen LogP contribution in [-0.2, 0) is 14.3 Å². The molecule has 0 atom stereocenters. The minimum atomic E-state index is -0.769. The summed E-state index contributed by atoms with van der Waals surface area (Å²) < 4.78 is 10.2. The van der Waals surface area contributed by atoms with Gasteiger partial charge in [-0.05, 0) is 18.4 Å². The van der Waals surface area contributed by atoms with Gasteiger partial charge in [-0.3, -0.25) is 25.0 Å². The number of anilines is 1. The number of rotatable bonds is 14. The number of nitro benzene ring substituents is 2. The van der Waals surface area contributed by atoms with Crippen LogP contribution in [0.2, 0.25) is 0 Å². The van der Waals surface area contributed by atoms with Gasteiger partial charge < -0.3 is 25.4 Å². The van der Waals surface area contributed by atoms with Gasteiger partial charge in [0.05, 0.1) is 42.3 Å². The molecule has 0 heterocycles. The van der Waals surface area contributed by atoms with E-state index in [1.54, 1.807) is 0 Å². The quantitative estimate of drug-likeness (QED) is 0.221. The predicted molar refractivity (Wildman–Crippen MR) is 111 cm³/mol. The molecule has 0 aliphatic heterocycles. The van der Waals surface area contributed by atoms with Crippen LogP contribution in [-0.4, -0.2) is 61.3 Å². The highest BCUT2D eigenvalue weighted by atomic mass is 16.6. The maximum absolute atomic E-state index is 11.8. The molecule has 2 amide bonds. The molecule has 31 heavy (non-hydrogen) atoms. The summed E-state index contributed by atoms with van der Waals surface area (Å²) in [7, 11) is 0. The maximum atomic E-state index is 11.8. The van der Waals surface area contributed by atoms with Crippen LogP contribution in [0.15, 0.2) is 18.2 Å². The molecule has 0 aliphatic rings. The molecular formula is C18H27N5O8. The van der Waals surface area contributed by atoms with E-state index in [-0.39, 0.29) is 38.5 Å². The van der Waals surface area contributed by atoms with E-state index in [4.69, 9.17) is 9.47 Å². The predicted octanol–water partition coefficient (Wildman–Crippen LogP) is 1.82. The molecular weight excluding hydrogens is 414 g/mol. The summed E-state index contributed by atoms with van der Waals surface area (Å²) in [6.07, 6.45) is 0.277. The Morgan fingerprint density at radius 2 is 1.71 bits per heavy atom. The first-order valence-electron chi connectivity index (χ1n) is 9.62. The van der Waals surface area contributed by atoms with Crippen molar-refractivity contribution >= 4 is 29.1 Å². The molecule has 13 heteroatoms. The van der Waals surface area contributed by atoms with Gasteiger partial charge in [0.15, 0.2) is 0 Å². The summed E-state index contributed by atoms with van der Waals surface area (Å²) in [6, 6.07) is 3.10. The van der Waals surface area contributed by atoms with E-state index in [0.717, 1.165) is 18.6 Å². The number of nitrogens with one attached hydrogen (secondary N) is 3. The normalized spacial score (nSPS) is 10.4. The second-order valence-corrected chi connectivity index (χ2v) is 6.78. The van der Waals surface area contributed by atoms with E-state index in [2.05, 4.69) is 16.0 Å². The Kier molecular flexibility index (Phi) is 11.3. The summed E-state index contributed by atoms with van der Waals surface area (Å²) in [5.41, 5.74) is -0.925. The molecule has 0 aromatic heterocycles. The number of carbonyl (C=O) groups excluding carboxylic acids is 2. The molecule has 1 aromatic rings. The largest absolute Gasteiger partial charge is 0.450 e. The van der Waals surface area contributed by atoms with Crippen LogP contribution in [0.4, 0.5) is 21.9 Å². The van der Waals surface area contributed by atoms with E-state index >= 15 is 0 Å². The molecule has 0 radical (unpaired) electrons. The number of ether oxygens (including phenoxy) is 2. The minimum absolute atomic E-state index is 0.00615. The Morgan fingerprint density at radius 1 is 1.03 bits per heavy atom. The van der Waals surface area contributed by atoms with Crippen molar-refractivity contribution in [1.29, 1.82) is 0 Å². The number of nitro groups is 2. The lowest BCUT2D eigenvalue weighted by Gasteiger charge is -2.10. The van der Waals surface area contributed by atoms with Crippen LogP contribution in [0.1, 0.15) is 20.3 Å². The van der Waals surface area contributed by atoms with E-state index in [1.165, 1.54) is 6.07 Å². The van der Waals surface area contributed by atoms with Gasteiger partial charge in [0, 0.05) is 19.2 Å². The number of hydrogen-bond acceptors (Lipinski definition) is 9. The zero-order valence-corrected chi connectivity index (χ0v) is 17.4. The van der Waals surface area contributed by atoms with Crippen LogP contribution in [0.5, 0.6) is 0 Å². The van der Waals surface area contributed by atoms with Crippen molar-refractivity contribution in [3.63, 3.8) is 0 Å². The zero-order valence-electron chi connectivity index (χ0n) is 17.4. The molecule has 0 bridgehead atoms. The molecule has 1 aromatic carbocycles. The number of non-ortho nitro benzene ring substituents is 1. The third-order valence-electron chi connectivity index (χ3n) is 3.84. The highest BCUT2D eigenvalue weighted by Gasteiger charge is 2.19. The van der Waals surface area contributed by atoms with E-state index in [0.29, 0.717) is 12.5 Å². The Labute approximate surface area is 178 Å². The number of amides is 2. The molecule has 0 aliphatic carbocycles. The molecule has 1 rings (SSSR count).